The van der Waals surface area contributed by atoms with Crippen molar-refractivity contribution in [3.05, 3.63) is 28.8 Å². The maximum absolute atomic E-state index is 11.7. The summed E-state index contributed by atoms with van der Waals surface area (Å²) in [5.74, 6) is -0.494. The van der Waals surface area contributed by atoms with Gasteiger partial charge in [0.1, 0.15) is 11.3 Å². The number of amides is 1. The van der Waals surface area contributed by atoms with Gasteiger partial charge in [-0.3, -0.25) is 4.79 Å². The maximum atomic E-state index is 11.7. The third-order valence-corrected chi connectivity index (χ3v) is 2.22. The monoisotopic (exact) mass is 238 g/mol. The van der Waals surface area contributed by atoms with Crippen LogP contribution in [0.1, 0.15) is 24.2 Å². The van der Waals surface area contributed by atoms with Gasteiger partial charge in [-0.05, 0) is 32.0 Å². The number of rotatable bonds is 2. The van der Waals surface area contributed by atoms with E-state index in [9.17, 15) is 9.90 Å². The van der Waals surface area contributed by atoms with Crippen molar-refractivity contribution in [1.82, 2.24) is 5.32 Å². The highest BCUT2D eigenvalue weighted by molar-refractivity contribution is 6.32. The van der Waals surface area contributed by atoms with Crippen molar-refractivity contribution >= 4 is 17.5 Å². The van der Waals surface area contributed by atoms with Crippen LogP contribution < -0.4 is 5.32 Å². The fourth-order valence-corrected chi connectivity index (χ4v) is 1.21. The molecule has 0 spiro atoms. The van der Waals surface area contributed by atoms with E-state index in [4.69, 9.17) is 16.9 Å². The minimum Gasteiger partial charge on any atom is -0.506 e. The largest absolute Gasteiger partial charge is 0.506 e. The Labute approximate surface area is 98.5 Å². The van der Waals surface area contributed by atoms with Crippen LogP contribution in [0.3, 0.4) is 0 Å². The number of nitrogens with one attached hydrogen (secondary N) is 1. The predicted molar refractivity (Wildman–Crippen MR) is 60.3 cm³/mol. The number of benzene rings is 1. The molecule has 0 atom stereocenters. The summed E-state index contributed by atoms with van der Waals surface area (Å²) in [5.41, 5.74) is -0.646. The fraction of sp³-hybridized carbons (Fsp3) is 0.273. The van der Waals surface area contributed by atoms with E-state index in [1.54, 1.807) is 13.8 Å². The average Bonchev–Trinajstić information content (AvgIpc) is 2.21. The second-order valence-electron chi connectivity index (χ2n) is 3.86. The standard InChI is InChI=1S/C11H11ClN2O2/c1-11(2,6-13)14-10(16)7-3-4-9(15)8(12)5-7/h3-5,15H,1-2H3,(H,14,16). The number of nitriles is 1. The molecule has 0 radical (unpaired) electrons. The molecule has 16 heavy (non-hydrogen) atoms. The van der Waals surface area contributed by atoms with Gasteiger partial charge in [-0.1, -0.05) is 11.6 Å². The van der Waals surface area contributed by atoms with E-state index in [-0.39, 0.29) is 10.8 Å². The molecule has 2 N–H and O–H groups in total. The molecule has 0 heterocycles. The highest BCUT2D eigenvalue weighted by Crippen LogP contribution is 2.23. The first-order valence-corrected chi connectivity index (χ1v) is 4.96. The summed E-state index contributed by atoms with van der Waals surface area (Å²) in [7, 11) is 0. The molecule has 0 aliphatic heterocycles. The summed E-state index contributed by atoms with van der Waals surface area (Å²) >= 11 is 5.67. The number of aromatic hydroxyl groups is 1. The number of nitrogens with zero attached hydrogens (tertiary/aromatic N) is 1. The number of phenolic OH excluding ortho intramolecular Hbond substituents is 1. The summed E-state index contributed by atoms with van der Waals surface area (Å²) in [5, 5.41) is 20.6. The topological polar surface area (TPSA) is 73.1 Å². The lowest BCUT2D eigenvalue weighted by Gasteiger charge is -2.17. The van der Waals surface area contributed by atoms with Crippen LogP contribution in [0.15, 0.2) is 18.2 Å². The van der Waals surface area contributed by atoms with E-state index in [1.165, 1.54) is 18.2 Å². The molecule has 5 heteroatoms. The highest BCUT2D eigenvalue weighted by atomic mass is 35.5. The zero-order valence-corrected chi connectivity index (χ0v) is 9.67. The molecular formula is C11H11ClN2O2. The average molecular weight is 239 g/mol. The summed E-state index contributed by atoms with van der Waals surface area (Å²) in [6, 6.07) is 6.07. The van der Waals surface area contributed by atoms with E-state index < -0.39 is 11.4 Å². The second-order valence-corrected chi connectivity index (χ2v) is 4.26. The summed E-state index contributed by atoms with van der Waals surface area (Å²) in [6.07, 6.45) is 0. The summed E-state index contributed by atoms with van der Waals surface area (Å²) in [4.78, 5) is 11.7. The molecule has 0 unspecified atom stereocenters. The van der Waals surface area contributed by atoms with E-state index in [0.717, 1.165) is 0 Å². The molecule has 1 rings (SSSR count). The SMILES string of the molecule is CC(C)(C#N)NC(=O)c1ccc(O)c(Cl)c1. The normalized spacial score (nSPS) is 10.6. The Morgan fingerprint density at radius 2 is 2.19 bits per heavy atom. The molecule has 1 amide bonds. The van der Waals surface area contributed by atoms with Crippen LogP contribution in [0.4, 0.5) is 0 Å². The van der Waals surface area contributed by atoms with Crippen molar-refractivity contribution in [3.8, 4) is 11.8 Å². The van der Waals surface area contributed by atoms with Crippen molar-refractivity contribution < 1.29 is 9.90 Å². The zero-order valence-electron chi connectivity index (χ0n) is 8.91. The van der Waals surface area contributed by atoms with Crippen LogP contribution in [0, 0.1) is 11.3 Å². The number of hydrogen-bond donors (Lipinski definition) is 2. The third kappa shape index (κ3) is 2.88. The van der Waals surface area contributed by atoms with Gasteiger partial charge in [-0.15, -0.1) is 0 Å². The fourth-order valence-electron chi connectivity index (χ4n) is 1.03. The first-order chi connectivity index (χ1) is 7.35. The number of carbonyl (C=O) groups excluding carboxylic acids is 1. The molecule has 0 saturated heterocycles. The Bertz CT molecular complexity index is 464. The Morgan fingerprint density at radius 3 is 2.69 bits per heavy atom. The Hall–Kier alpha value is -1.73. The van der Waals surface area contributed by atoms with Crippen LogP contribution in [0.25, 0.3) is 0 Å². The Balaban J connectivity index is 2.91. The van der Waals surface area contributed by atoms with Gasteiger partial charge in [0.2, 0.25) is 0 Å². The lowest BCUT2D eigenvalue weighted by molar-refractivity contribution is 0.0929. The maximum Gasteiger partial charge on any atom is 0.252 e. The zero-order chi connectivity index (χ0) is 12.3. The molecular weight excluding hydrogens is 228 g/mol. The Kier molecular flexibility index (Phi) is 3.41. The van der Waals surface area contributed by atoms with Gasteiger partial charge < -0.3 is 10.4 Å². The van der Waals surface area contributed by atoms with Gasteiger partial charge in [-0.25, -0.2) is 0 Å². The van der Waals surface area contributed by atoms with Crippen molar-refractivity contribution in [1.29, 1.82) is 5.26 Å². The van der Waals surface area contributed by atoms with Crippen LogP contribution in [-0.2, 0) is 0 Å². The number of hydrogen-bond acceptors (Lipinski definition) is 3. The molecule has 0 aliphatic carbocycles. The predicted octanol–water partition coefficient (Wildman–Crippen LogP) is 2.08. The van der Waals surface area contributed by atoms with Crippen LogP contribution >= 0.6 is 11.6 Å². The van der Waals surface area contributed by atoms with Crippen molar-refractivity contribution in [3.63, 3.8) is 0 Å². The first-order valence-electron chi connectivity index (χ1n) is 4.58. The lowest BCUT2D eigenvalue weighted by atomic mass is 10.1. The Morgan fingerprint density at radius 1 is 1.56 bits per heavy atom. The second kappa shape index (κ2) is 4.42. The third-order valence-electron chi connectivity index (χ3n) is 1.92. The molecule has 0 aliphatic rings. The van der Waals surface area contributed by atoms with Gasteiger partial charge >= 0.3 is 0 Å². The van der Waals surface area contributed by atoms with E-state index in [1.807, 2.05) is 6.07 Å². The molecule has 1 aromatic rings. The van der Waals surface area contributed by atoms with E-state index in [2.05, 4.69) is 5.32 Å². The minimum atomic E-state index is -0.943. The molecule has 4 nitrogen and oxygen atoms in total. The molecule has 0 aromatic heterocycles. The number of halogens is 1. The number of phenols is 1. The van der Waals surface area contributed by atoms with Gasteiger partial charge in [0.05, 0.1) is 11.1 Å². The first kappa shape index (κ1) is 12.3. The van der Waals surface area contributed by atoms with Gasteiger partial charge in [0.15, 0.2) is 0 Å². The highest BCUT2D eigenvalue weighted by Gasteiger charge is 2.20. The quantitative estimate of drug-likeness (QED) is 0.829. The summed E-state index contributed by atoms with van der Waals surface area (Å²) in [6.45, 7) is 3.18. The van der Waals surface area contributed by atoms with Crippen LogP contribution in [-0.4, -0.2) is 16.6 Å². The molecule has 0 fully saturated rings. The molecule has 0 saturated carbocycles. The van der Waals surface area contributed by atoms with E-state index >= 15 is 0 Å². The number of carbonyl (C=O) groups is 1. The van der Waals surface area contributed by atoms with Crippen molar-refractivity contribution in [2.45, 2.75) is 19.4 Å². The van der Waals surface area contributed by atoms with Crippen LogP contribution in [0.2, 0.25) is 5.02 Å². The van der Waals surface area contributed by atoms with Gasteiger partial charge in [0.25, 0.3) is 5.91 Å². The van der Waals surface area contributed by atoms with Gasteiger partial charge in [-0.2, -0.15) is 5.26 Å². The molecule has 84 valence electrons. The van der Waals surface area contributed by atoms with Crippen molar-refractivity contribution in [2.75, 3.05) is 0 Å². The molecule has 0 bridgehead atoms. The smallest absolute Gasteiger partial charge is 0.252 e. The van der Waals surface area contributed by atoms with E-state index in [0.29, 0.717) is 5.56 Å². The molecule has 1 aromatic carbocycles. The van der Waals surface area contributed by atoms with Crippen molar-refractivity contribution in [2.24, 2.45) is 0 Å². The van der Waals surface area contributed by atoms with Gasteiger partial charge in [0, 0.05) is 5.56 Å². The van der Waals surface area contributed by atoms with Crippen LogP contribution in [0.5, 0.6) is 5.75 Å². The minimum absolute atomic E-state index is 0.0854. The summed E-state index contributed by atoms with van der Waals surface area (Å²) < 4.78 is 0. The lowest BCUT2D eigenvalue weighted by Crippen LogP contribution is -2.42.